The van der Waals surface area contributed by atoms with Gasteiger partial charge in [0.2, 0.25) is 0 Å². The van der Waals surface area contributed by atoms with Gasteiger partial charge in [-0.3, -0.25) is 0 Å². The molecule has 3 rings (SSSR count). The molecule has 2 heterocycles. The maximum absolute atomic E-state index is 10.5. The van der Waals surface area contributed by atoms with Crippen molar-refractivity contribution >= 4 is 11.3 Å². The summed E-state index contributed by atoms with van der Waals surface area (Å²) in [5.41, 5.74) is 2.49. The zero-order chi connectivity index (χ0) is 16.3. The molecule has 0 aliphatic rings. The van der Waals surface area contributed by atoms with Crippen LogP contribution >= 0.6 is 11.3 Å². The van der Waals surface area contributed by atoms with E-state index < -0.39 is 5.60 Å². The molecule has 1 aromatic carbocycles. The van der Waals surface area contributed by atoms with E-state index in [4.69, 9.17) is 0 Å². The Kier molecular flexibility index (Phi) is 4.56. The largest absolute Gasteiger partial charge is 0.383 e. The molecule has 5 nitrogen and oxygen atoms in total. The fourth-order valence-electron chi connectivity index (χ4n) is 2.54. The Balaban J connectivity index is 1.62. The summed E-state index contributed by atoms with van der Waals surface area (Å²) in [6.45, 7) is 5.12. The molecule has 0 saturated heterocycles. The van der Waals surface area contributed by atoms with Crippen molar-refractivity contribution in [2.45, 2.75) is 26.0 Å². The molecule has 0 spiro atoms. The molecule has 0 radical (unpaired) electrons. The summed E-state index contributed by atoms with van der Waals surface area (Å²) in [4.78, 5) is 4.95. The lowest BCUT2D eigenvalue weighted by Gasteiger charge is -2.22. The highest BCUT2D eigenvalue weighted by Gasteiger charge is 2.23. The van der Waals surface area contributed by atoms with Crippen molar-refractivity contribution in [3.05, 3.63) is 64.4 Å². The molecule has 23 heavy (non-hydrogen) atoms. The summed E-state index contributed by atoms with van der Waals surface area (Å²) >= 11 is 1.57. The van der Waals surface area contributed by atoms with Gasteiger partial charge in [-0.05, 0) is 42.5 Å². The molecule has 1 atom stereocenters. The zero-order valence-corrected chi connectivity index (χ0v) is 14.0. The number of aryl methyl sites for hydroxylation is 1. The monoisotopic (exact) mass is 328 g/mol. The summed E-state index contributed by atoms with van der Waals surface area (Å²) in [7, 11) is 0. The van der Waals surface area contributed by atoms with Gasteiger partial charge in [0.15, 0.2) is 0 Å². The SMILES string of the molecule is Cc1cc(CNCC(C)(O)c2cccs2)ccc1-n1cncn1. The molecular weight excluding hydrogens is 308 g/mol. The predicted octanol–water partition coefficient (Wildman–Crippen LogP) is 2.63. The summed E-state index contributed by atoms with van der Waals surface area (Å²) in [6.07, 6.45) is 3.22. The standard InChI is InChI=1S/C17H20N4OS/c1-13-8-14(5-6-15(13)21-12-19-11-20-21)9-18-10-17(2,22)16-4-3-7-23-16/h3-8,11-12,18,22H,9-10H2,1-2H3. The van der Waals surface area contributed by atoms with E-state index in [0.29, 0.717) is 13.1 Å². The summed E-state index contributed by atoms with van der Waals surface area (Å²) in [5, 5.41) is 20.0. The lowest BCUT2D eigenvalue weighted by molar-refractivity contribution is 0.0604. The van der Waals surface area contributed by atoms with Gasteiger partial charge in [-0.25, -0.2) is 9.67 Å². The smallest absolute Gasteiger partial charge is 0.138 e. The van der Waals surface area contributed by atoms with Crippen LogP contribution in [0.2, 0.25) is 0 Å². The maximum Gasteiger partial charge on any atom is 0.138 e. The molecule has 120 valence electrons. The van der Waals surface area contributed by atoms with Crippen LogP contribution in [-0.4, -0.2) is 26.4 Å². The third kappa shape index (κ3) is 3.67. The fraction of sp³-hybridized carbons (Fsp3) is 0.294. The van der Waals surface area contributed by atoms with Gasteiger partial charge in [0.05, 0.1) is 5.69 Å². The predicted molar refractivity (Wildman–Crippen MR) is 91.7 cm³/mol. The molecule has 0 saturated carbocycles. The number of hydrogen-bond donors (Lipinski definition) is 2. The van der Waals surface area contributed by atoms with E-state index in [1.54, 1.807) is 22.3 Å². The quantitative estimate of drug-likeness (QED) is 0.730. The molecule has 6 heteroatoms. The summed E-state index contributed by atoms with van der Waals surface area (Å²) in [5.74, 6) is 0. The zero-order valence-electron chi connectivity index (χ0n) is 13.2. The highest BCUT2D eigenvalue weighted by molar-refractivity contribution is 7.10. The van der Waals surface area contributed by atoms with E-state index in [0.717, 1.165) is 16.1 Å². The minimum atomic E-state index is -0.843. The number of aromatic nitrogens is 3. The van der Waals surface area contributed by atoms with Gasteiger partial charge in [0.1, 0.15) is 18.3 Å². The average molecular weight is 328 g/mol. The number of nitrogens with zero attached hydrogens (tertiary/aromatic N) is 3. The molecule has 2 N–H and O–H groups in total. The number of benzene rings is 1. The van der Waals surface area contributed by atoms with Crippen molar-refractivity contribution in [3.8, 4) is 5.69 Å². The molecule has 1 unspecified atom stereocenters. The van der Waals surface area contributed by atoms with Crippen molar-refractivity contribution in [1.82, 2.24) is 20.1 Å². The Hall–Kier alpha value is -2.02. The average Bonchev–Trinajstić information content (AvgIpc) is 3.21. The molecule has 0 aliphatic heterocycles. The Morgan fingerprint density at radius 3 is 2.87 bits per heavy atom. The van der Waals surface area contributed by atoms with E-state index in [-0.39, 0.29) is 0 Å². The van der Waals surface area contributed by atoms with Crippen LogP contribution in [0.1, 0.15) is 22.9 Å². The van der Waals surface area contributed by atoms with Crippen molar-refractivity contribution in [3.63, 3.8) is 0 Å². The minimum absolute atomic E-state index is 0.511. The number of rotatable bonds is 6. The third-order valence-electron chi connectivity index (χ3n) is 3.78. The van der Waals surface area contributed by atoms with Crippen molar-refractivity contribution in [2.75, 3.05) is 6.54 Å². The van der Waals surface area contributed by atoms with Crippen LogP contribution < -0.4 is 5.32 Å². The van der Waals surface area contributed by atoms with Crippen LogP contribution in [0.3, 0.4) is 0 Å². The lowest BCUT2D eigenvalue weighted by atomic mass is 10.0. The highest BCUT2D eigenvalue weighted by Crippen LogP contribution is 2.24. The van der Waals surface area contributed by atoms with Gasteiger partial charge in [-0.1, -0.05) is 18.2 Å². The topological polar surface area (TPSA) is 63.0 Å². The first-order valence-electron chi connectivity index (χ1n) is 7.48. The van der Waals surface area contributed by atoms with E-state index >= 15 is 0 Å². The van der Waals surface area contributed by atoms with Crippen molar-refractivity contribution < 1.29 is 5.11 Å². The summed E-state index contributed by atoms with van der Waals surface area (Å²) in [6, 6.07) is 10.2. The third-order valence-corrected chi connectivity index (χ3v) is 4.90. The van der Waals surface area contributed by atoms with Gasteiger partial charge < -0.3 is 10.4 Å². The molecule has 0 amide bonds. The van der Waals surface area contributed by atoms with Crippen molar-refractivity contribution in [1.29, 1.82) is 0 Å². The Bertz CT molecular complexity index is 751. The second-order valence-corrected chi connectivity index (χ2v) is 6.76. The lowest BCUT2D eigenvalue weighted by Crippen LogP contribution is -2.34. The van der Waals surface area contributed by atoms with E-state index in [2.05, 4.69) is 34.5 Å². The first kappa shape index (κ1) is 15.9. The van der Waals surface area contributed by atoms with Gasteiger partial charge in [0.25, 0.3) is 0 Å². The van der Waals surface area contributed by atoms with Crippen LogP contribution in [0.5, 0.6) is 0 Å². The number of hydrogen-bond acceptors (Lipinski definition) is 5. The van der Waals surface area contributed by atoms with E-state index in [1.807, 2.05) is 30.5 Å². The summed E-state index contributed by atoms with van der Waals surface area (Å²) < 4.78 is 1.76. The first-order chi connectivity index (χ1) is 11.1. The first-order valence-corrected chi connectivity index (χ1v) is 8.36. The molecule has 0 bridgehead atoms. The molecule has 0 fully saturated rings. The number of thiophene rings is 1. The van der Waals surface area contributed by atoms with E-state index in [1.165, 1.54) is 11.9 Å². The van der Waals surface area contributed by atoms with Crippen molar-refractivity contribution in [2.24, 2.45) is 0 Å². The van der Waals surface area contributed by atoms with Crippen LogP contribution in [0.4, 0.5) is 0 Å². The Morgan fingerprint density at radius 2 is 2.22 bits per heavy atom. The second-order valence-electron chi connectivity index (χ2n) is 5.82. The molecule has 2 aromatic heterocycles. The fourth-order valence-corrected chi connectivity index (χ4v) is 3.33. The second kappa shape index (κ2) is 6.62. The van der Waals surface area contributed by atoms with Crippen LogP contribution in [0, 0.1) is 6.92 Å². The minimum Gasteiger partial charge on any atom is -0.383 e. The maximum atomic E-state index is 10.5. The normalized spacial score (nSPS) is 13.9. The van der Waals surface area contributed by atoms with Gasteiger partial charge >= 0.3 is 0 Å². The molecule has 3 aromatic rings. The van der Waals surface area contributed by atoms with Crippen LogP contribution in [0.15, 0.2) is 48.4 Å². The highest BCUT2D eigenvalue weighted by atomic mass is 32.1. The Morgan fingerprint density at radius 1 is 1.35 bits per heavy atom. The van der Waals surface area contributed by atoms with Gasteiger partial charge in [-0.2, -0.15) is 5.10 Å². The van der Waals surface area contributed by atoms with E-state index in [9.17, 15) is 5.11 Å². The van der Waals surface area contributed by atoms with Crippen LogP contribution in [-0.2, 0) is 12.1 Å². The molecule has 0 aliphatic carbocycles. The molecular formula is C17H20N4OS. The van der Waals surface area contributed by atoms with Gasteiger partial charge in [0, 0.05) is 18.0 Å². The number of aliphatic hydroxyl groups is 1. The van der Waals surface area contributed by atoms with Crippen LogP contribution in [0.25, 0.3) is 5.69 Å². The Labute approximate surface area is 139 Å². The number of nitrogens with one attached hydrogen (secondary N) is 1. The van der Waals surface area contributed by atoms with Gasteiger partial charge in [-0.15, -0.1) is 11.3 Å².